The van der Waals surface area contributed by atoms with Crippen molar-refractivity contribution in [2.75, 3.05) is 11.9 Å². The van der Waals surface area contributed by atoms with E-state index in [0.29, 0.717) is 12.1 Å². The molecule has 176 valence electrons. The van der Waals surface area contributed by atoms with Gasteiger partial charge in [0.2, 0.25) is 0 Å². The predicted molar refractivity (Wildman–Crippen MR) is 129 cm³/mol. The smallest absolute Gasteiger partial charge is 0.322 e. The number of nitrogens with zero attached hydrogens (tertiary/aromatic N) is 2. The molecule has 0 saturated carbocycles. The molecule has 2 amide bonds. The Bertz CT molecular complexity index is 1200. The van der Waals surface area contributed by atoms with Gasteiger partial charge >= 0.3 is 6.03 Å². The zero-order valence-electron chi connectivity index (χ0n) is 19.4. The van der Waals surface area contributed by atoms with Crippen molar-refractivity contribution >= 4 is 17.4 Å². The molecule has 1 atom stereocenters. The molecule has 34 heavy (non-hydrogen) atoms. The van der Waals surface area contributed by atoms with Gasteiger partial charge in [-0.25, -0.2) is 13.6 Å². The number of carbonyl (C=O) groups is 1. The summed E-state index contributed by atoms with van der Waals surface area (Å²) in [6.45, 7) is 5.98. The summed E-state index contributed by atoms with van der Waals surface area (Å²) >= 11 is 0. The summed E-state index contributed by atoms with van der Waals surface area (Å²) in [6.07, 6.45) is 0.130. The number of anilines is 1. The summed E-state index contributed by atoms with van der Waals surface area (Å²) in [5, 5.41) is 7.16. The van der Waals surface area contributed by atoms with Crippen molar-refractivity contribution in [3.8, 4) is 0 Å². The molecule has 1 unspecified atom stereocenters. The minimum absolute atomic E-state index is 0.0391. The fraction of sp³-hybridized carbons (Fsp3) is 0.259. The van der Waals surface area contributed by atoms with Crippen LogP contribution in [0.5, 0.6) is 0 Å². The fourth-order valence-electron chi connectivity index (χ4n) is 3.96. The van der Waals surface area contributed by atoms with Gasteiger partial charge in [-0.1, -0.05) is 59.3 Å². The highest BCUT2D eigenvalue weighted by molar-refractivity contribution is 6.01. The number of hydrogen-bond donors (Lipinski definition) is 1. The van der Waals surface area contributed by atoms with Crippen LogP contribution < -0.4 is 5.32 Å². The summed E-state index contributed by atoms with van der Waals surface area (Å²) < 4.78 is 27.8. The average molecular weight is 464 g/mol. The number of urea groups is 1. The van der Waals surface area contributed by atoms with E-state index in [9.17, 15) is 13.6 Å². The Hall–Kier alpha value is -3.74. The van der Waals surface area contributed by atoms with Crippen molar-refractivity contribution in [3.63, 3.8) is 0 Å². The fourth-order valence-corrected chi connectivity index (χ4v) is 3.96. The van der Waals surface area contributed by atoms with Gasteiger partial charge < -0.3 is 15.1 Å². The van der Waals surface area contributed by atoms with Gasteiger partial charge in [-0.3, -0.25) is 0 Å². The second kappa shape index (κ2) is 10.0. The molecule has 1 N–H and O–H groups in total. The van der Waals surface area contributed by atoms with E-state index in [1.165, 1.54) is 17.0 Å². The summed E-state index contributed by atoms with van der Waals surface area (Å²) in [5.74, 6) is -1.36. The predicted octanol–water partition coefficient (Wildman–Crippen LogP) is 6.12. The number of para-hydroxylation sites is 1. The van der Waals surface area contributed by atoms with Crippen LogP contribution in [-0.4, -0.2) is 29.3 Å². The Morgan fingerprint density at radius 3 is 2.44 bits per heavy atom. The van der Waals surface area contributed by atoms with Gasteiger partial charge in [0, 0.05) is 23.7 Å². The van der Waals surface area contributed by atoms with E-state index < -0.39 is 17.7 Å². The topological polar surface area (TPSA) is 53.9 Å². The van der Waals surface area contributed by atoms with E-state index in [0.717, 1.165) is 34.0 Å². The molecule has 4 rings (SSSR count). The normalized spacial score (nSPS) is 15.0. The van der Waals surface area contributed by atoms with Crippen molar-refractivity contribution < 1.29 is 18.4 Å². The molecule has 1 aliphatic rings. The van der Waals surface area contributed by atoms with Crippen molar-refractivity contribution in [3.05, 3.63) is 100 Å². The standard InChI is InChI=1S/C27H27F2N3O2/c1-17-7-9-20(10-8-17)25-14-23(34-31-25)16-32(15-21-11-12-22(28)13-24(21)29)27(33)30-26-18(2)5-4-6-19(26)3/h4-13,23H,14-16H2,1-3H3,(H,30,33). The van der Waals surface area contributed by atoms with E-state index in [1.54, 1.807) is 0 Å². The van der Waals surface area contributed by atoms with Crippen LogP contribution in [0, 0.1) is 32.4 Å². The van der Waals surface area contributed by atoms with E-state index in [4.69, 9.17) is 4.84 Å². The quantitative estimate of drug-likeness (QED) is 0.479. The van der Waals surface area contributed by atoms with Crippen molar-refractivity contribution in [2.45, 2.75) is 39.8 Å². The Balaban J connectivity index is 1.52. The third-order valence-electron chi connectivity index (χ3n) is 5.92. The minimum Gasteiger partial charge on any atom is -0.390 e. The molecule has 0 fully saturated rings. The number of oxime groups is 1. The van der Waals surface area contributed by atoms with Gasteiger partial charge in [-0.15, -0.1) is 0 Å². The van der Waals surface area contributed by atoms with Crippen molar-refractivity contribution in [2.24, 2.45) is 5.16 Å². The van der Waals surface area contributed by atoms with E-state index in [1.807, 2.05) is 63.2 Å². The molecular formula is C27H27F2N3O2. The molecule has 0 aromatic heterocycles. The second-order valence-electron chi connectivity index (χ2n) is 8.65. The number of hydrogen-bond acceptors (Lipinski definition) is 3. The summed E-state index contributed by atoms with van der Waals surface area (Å²) in [5.41, 5.74) is 5.68. The molecule has 0 bridgehead atoms. The van der Waals surface area contributed by atoms with Gasteiger partial charge in [-0.05, 0) is 43.5 Å². The highest BCUT2D eigenvalue weighted by Crippen LogP contribution is 2.23. The maximum Gasteiger partial charge on any atom is 0.322 e. The van der Waals surface area contributed by atoms with E-state index >= 15 is 0 Å². The minimum atomic E-state index is -0.700. The lowest BCUT2D eigenvalue weighted by Gasteiger charge is -2.26. The molecule has 3 aromatic carbocycles. The Morgan fingerprint density at radius 1 is 1.06 bits per heavy atom. The molecule has 1 aliphatic heterocycles. The average Bonchev–Trinajstić information content (AvgIpc) is 3.26. The first-order chi connectivity index (χ1) is 16.3. The van der Waals surface area contributed by atoms with Gasteiger partial charge in [0.15, 0.2) is 6.10 Å². The van der Waals surface area contributed by atoms with Crippen LogP contribution in [0.1, 0.15) is 34.2 Å². The van der Waals surface area contributed by atoms with Crippen LogP contribution in [0.2, 0.25) is 0 Å². The number of amides is 2. The third kappa shape index (κ3) is 5.42. The summed E-state index contributed by atoms with van der Waals surface area (Å²) in [6, 6.07) is 16.7. The number of carbonyl (C=O) groups excluding carboxylic acids is 1. The molecule has 7 heteroatoms. The van der Waals surface area contributed by atoms with Crippen LogP contribution in [0.4, 0.5) is 19.3 Å². The van der Waals surface area contributed by atoms with Gasteiger partial charge in [0.1, 0.15) is 11.6 Å². The zero-order chi connectivity index (χ0) is 24.2. The molecule has 1 heterocycles. The van der Waals surface area contributed by atoms with E-state index in [2.05, 4.69) is 10.5 Å². The second-order valence-corrected chi connectivity index (χ2v) is 8.65. The number of benzene rings is 3. The van der Waals surface area contributed by atoms with Crippen LogP contribution in [0.3, 0.4) is 0 Å². The molecule has 0 aliphatic carbocycles. The molecule has 3 aromatic rings. The lowest BCUT2D eigenvalue weighted by molar-refractivity contribution is 0.0606. The highest BCUT2D eigenvalue weighted by Gasteiger charge is 2.28. The number of rotatable bonds is 6. The van der Waals surface area contributed by atoms with Crippen LogP contribution in [0.15, 0.2) is 65.8 Å². The monoisotopic (exact) mass is 463 g/mol. The molecular weight excluding hydrogens is 436 g/mol. The summed E-state index contributed by atoms with van der Waals surface area (Å²) in [7, 11) is 0. The lowest BCUT2D eigenvalue weighted by atomic mass is 10.0. The first-order valence-corrected chi connectivity index (χ1v) is 11.2. The molecule has 0 radical (unpaired) electrons. The van der Waals surface area contributed by atoms with Crippen LogP contribution in [0.25, 0.3) is 0 Å². The Morgan fingerprint density at radius 2 is 1.76 bits per heavy atom. The first-order valence-electron chi connectivity index (χ1n) is 11.2. The lowest BCUT2D eigenvalue weighted by Crippen LogP contribution is -2.40. The van der Waals surface area contributed by atoms with Crippen LogP contribution >= 0.6 is 0 Å². The number of halogens is 2. The van der Waals surface area contributed by atoms with Crippen molar-refractivity contribution in [1.82, 2.24) is 4.90 Å². The van der Waals surface area contributed by atoms with Crippen molar-refractivity contribution in [1.29, 1.82) is 0 Å². The SMILES string of the molecule is Cc1ccc(C2=NOC(CN(Cc3ccc(F)cc3F)C(=O)Nc3c(C)cccc3C)C2)cc1. The molecule has 5 nitrogen and oxygen atoms in total. The maximum absolute atomic E-state index is 14.4. The number of aryl methyl sites for hydroxylation is 3. The zero-order valence-corrected chi connectivity index (χ0v) is 19.4. The van der Waals surface area contributed by atoms with Crippen LogP contribution in [-0.2, 0) is 11.4 Å². The largest absolute Gasteiger partial charge is 0.390 e. The first kappa shape index (κ1) is 23.4. The Kier molecular flexibility index (Phi) is 6.91. The Labute approximate surface area is 198 Å². The van der Waals surface area contributed by atoms with Gasteiger partial charge in [0.25, 0.3) is 0 Å². The highest BCUT2D eigenvalue weighted by atomic mass is 19.1. The van der Waals surface area contributed by atoms with Gasteiger partial charge in [-0.2, -0.15) is 0 Å². The molecule has 0 saturated heterocycles. The third-order valence-corrected chi connectivity index (χ3v) is 5.92. The molecule has 0 spiro atoms. The van der Waals surface area contributed by atoms with E-state index in [-0.39, 0.29) is 24.8 Å². The number of nitrogens with one attached hydrogen (secondary N) is 1. The summed E-state index contributed by atoms with van der Waals surface area (Å²) in [4.78, 5) is 20.4. The van der Waals surface area contributed by atoms with Gasteiger partial charge in [0.05, 0.1) is 18.8 Å². The maximum atomic E-state index is 14.4.